The molecule has 7 atom stereocenters. The molecule has 8 rings (SSSR count). The quantitative estimate of drug-likeness (QED) is 0.0948. The van der Waals surface area contributed by atoms with Crippen LogP contribution in [0.2, 0.25) is 0 Å². The van der Waals surface area contributed by atoms with E-state index in [9.17, 15) is 19.5 Å². The molecule has 13 heteroatoms. The van der Waals surface area contributed by atoms with Crippen molar-refractivity contribution in [3.8, 4) is 33.6 Å². The van der Waals surface area contributed by atoms with E-state index in [0.717, 1.165) is 77.4 Å². The lowest BCUT2D eigenvalue weighted by Gasteiger charge is -2.30. The van der Waals surface area contributed by atoms with Crippen molar-refractivity contribution in [2.24, 2.45) is 23.7 Å². The first-order valence-electron chi connectivity index (χ1n) is 20.0. The first-order chi connectivity index (χ1) is 27.7. The van der Waals surface area contributed by atoms with Gasteiger partial charge in [-0.05, 0) is 84.2 Å². The number of hydrogen-bond acceptors (Lipinski definition) is 8. The van der Waals surface area contributed by atoms with Crippen molar-refractivity contribution < 1.29 is 24.2 Å². The fourth-order valence-electron chi connectivity index (χ4n) is 9.31. The van der Waals surface area contributed by atoms with Crippen LogP contribution in [0.25, 0.3) is 33.6 Å². The van der Waals surface area contributed by atoms with Gasteiger partial charge in [0, 0.05) is 18.7 Å². The number of aliphatic hydroxyl groups excluding tert-OH is 1. The van der Waals surface area contributed by atoms with E-state index in [0.29, 0.717) is 24.1 Å². The van der Waals surface area contributed by atoms with Crippen LogP contribution < -0.4 is 10.6 Å². The predicted octanol–water partition coefficient (Wildman–Crippen LogP) is 6.55. The maximum Gasteiger partial charge on any atom is 0.407 e. The Kier molecular flexibility index (Phi) is 10.9. The van der Waals surface area contributed by atoms with Gasteiger partial charge in [-0.25, -0.2) is 14.8 Å². The van der Waals surface area contributed by atoms with Crippen molar-refractivity contribution in [1.29, 1.82) is 0 Å². The molecule has 5 aromatic rings. The fraction of sp³-hybridized carbons (Fsp3) is 0.409. The van der Waals surface area contributed by atoms with Crippen LogP contribution in [-0.2, 0) is 14.3 Å². The summed E-state index contributed by atoms with van der Waals surface area (Å²) in [7, 11) is 1.29. The molecule has 1 saturated heterocycles. The van der Waals surface area contributed by atoms with E-state index in [1.807, 2.05) is 49.3 Å². The van der Waals surface area contributed by atoms with Gasteiger partial charge >= 0.3 is 6.09 Å². The van der Waals surface area contributed by atoms with Crippen LogP contribution in [0, 0.1) is 23.7 Å². The van der Waals surface area contributed by atoms with Crippen LogP contribution >= 0.6 is 0 Å². The van der Waals surface area contributed by atoms with Crippen molar-refractivity contribution in [3.05, 3.63) is 103 Å². The number of imidazole rings is 2. The number of ether oxygens (including phenoxy) is 1. The molecular formula is C44H50N8O5. The van der Waals surface area contributed by atoms with Crippen molar-refractivity contribution in [1.82, 2.24) is 40.5 Å². The van der Waals surface area contributed by atoms with Gasteiger partial charge in [0.2, 0.25) is 11.8 Å². The summed E-state index contributed by atoms with van der Waals surface area (Å²) in [5.74, 6) is 1.78. The molecule has 57 heavy (non-hydrogen) atoms. The lowest BCUT2D eigenvalue weighted by molar-refractivity contribution is -0.135. The number of carbonyl (C=O) groups is 3. The summed E-state index contributed by atoms with van der Waals surface area (Å²) in [6.45, 7) is 4.19. The second kappa shape index (κ2) is 16.3. The number of benzene rings is 2. The van der Waals surface area contributed by atoms with Gasteiger partial charge in [0.1, 0.15) is 17.7 Å². The van der Waals surface area contributed by atoms with Crippen LogP contribution in [-0.4, -0.2) is 79.1 Å². The molecule has 2 aromatic carbocycles. The van der Waals surface area contributed by atoms with Gasteiger partial charge in [-0.15, -0.1) is 0 Å². The molecule has 3 aliphatic rings. The summed E-state index contributed by atoms with van der Waals surface area (Å²) in [5.41, 5.74) is 6.57. The number of nitrogens with one attached hydrogen (secondary N) is 4. The molecule has 296 valence electrons. The number of aliphatic hydroxyl groups is 1. The van der Waals surface area contributed by atoms with E-state index in [1.165, 1.54) is 7.11 Å². The third-order valence-corrected chi connectivity index (χ3v) is 12.2. The average Bonchev–Trinajstić information content (AvgIpc) is 4.10. The maximum absolute atomic E-state index is 13.8. The van der Waals surface area contributed by atoms with E-state index < -0.39 is 18.2 Å². The highest BCUT2D eigenvalue weighted by atomic mass is 16.5. The summed E-state index contributed by atoms with van der Waals surface area (Å²) >= 11 is 0. The van der Waals surface area contributed by atoms with E-state index >= 15 is 0 Å². The van der Waals surface area contributed by atoms with Gasteiger partial charge in [-0.1, -0.05) is 68.4 Å². The van der Waals surface area contributed by atoms with E-state index in [4.69, 9.17) is 9.72 Å². The smallest absolute Gasteiger partial charge is 0.407 e. The molecule has 0 radical (unpaired) electrons. The molecule has 2 aliphatic carbocycles. The van der Waals surface area contributed by atoms with Gasteiger partial charge in [0.05, 0.1) is 61.2 Å². The number of aromatic amines is 2. The number of carbonyl (C=O) groups excluding carboxylic acids is 3. The van der Waals surface area contributed by atoms with Gasteiger partial charge in [-0.3, -0.25) is 14.6 Å². The number of aromatic nitrogens is 5. The minimum absolute atomic E-state index is 0.00326. The summed E-state index contributed by atoms with van der Waals surface area (Å²) < 4.78 is 4.76. The van der Waals surface area contributed by atoms with Gasteiger partial charge < -0.3 is 35.3 Å². The first-order valence-corrected chi connectivity index (χ1v) is 20.0. The molecule has 2 bridgehead atoms. The van der Waals surface area contributed by atoms with Crippen LogP contribution in [0.3, 0.4) is 0 Å². The molecule has 4 heterocycles. The van der Waals surface area contributed by atoms with Crippen molar-refractivity contribution >= 4 is 17.9 Å². The SMILES string of the molecule is COC(=O)N[C@H](C(=O)N1CCC[C@H]1c1ncc(-c2ccc(-c3ccc(-c4cnc([C@@H]5C6CCC(C6)[C@H]5C(=O)NC(CO)c5ccccn5)[nH]4)cc3)cc2)[nH]1)C(C)C. The zero-order chi connectivity index (χ0) is 39.6. The highest BCUT2D eigenvalue weighted by molar-refractivity contribution is 5.86. The molecular weight excluding hydrogens is 721 g/mol. The van der Waals surface area contributed by atoms with Crippen molar-refractivity contribution in [2.75, 3.05) is 20.3 Å². The molecule has 3 aromatic heterocycles. The Morgan fingerprint density at radius 1 is 0.825 bits per heavy atom. The number of rotatable bonds is 12. The van der Waals surface area contributed by atoms with Gasteiger partial charge in [0.15, 0.2) is 0 Å². The number of amides is 3. The highest BCUT2D eigenvalue weighted by Gasteiger charge is 2.52. The first kappa shape index (κ1) is 38.1. The zero-order valence-electron chi connectivity index (χ0n) is 32.5. The number of fused-ring (bicyclic) bond motifs is 2. The summed E-state index contributed by atoms with van der Waals surface area (Å²) in [4.78, 5) is 62.0. The molecule has 3 fully saturated rings. The number of likely N-dealkylation sites (tertiary alicyclic amines) is 1. The topological polar surface area (TPSA) is 178 Å². The Hall–Kier alpha value is -5.82. The molecule has 1 aliphatic heterocycles. The van der Waals surface area contributed by atoms with Crippen LogP contribution in [0.1, 0.15) is 81.3 Å². The van der Waals surface area contributed by atoms with Crippen molar-refractivity contribution in [2.45, 2.75) is 70.0 Å². The van der Waals surface area contributed by atoms with Crippen LogP contribution in [0.15, 0.2) is 85.3 Å². The Morgan fingerprint density at radius 3 is 2.07 bits per heavy atom. The molecule has 13 nitrogen and oxygen atoms in total. The monoisotopic (exact) mass is 770 g/mol. The highest BCUT2D eigenvalue weighted by Crippen LogP contribution is 2.56. The lowest BCUT2D eigenvalue weighted by atomic mass is 9.78. The third kappa shape index (κ3) is 7.68. The number of hydrogen-bond donors (Lipinski definition) is 5. The van der Waals surface area contributed by atoms with Crippen molar-refractivity contribution in [3.63, 3.8) is 0 Å². The molecule has 3 amide bonds. The number of H-pyrrole nitrogens is 2. The van der Waals surface area contributed by atoms with Gasteiger partial charge in [-0.2, -0.15) is 0 Å². The molecule has 2 saturated carbocycles. The summed E-state index contributed by atoms with van der Waals surface area (Å²) in [5, 5.41) is 15.9. The van der Waals surface area contributed by atoms with Gasteiger partial charge in [0.25, 0.3) is 0 Å². The van der Waals surface area contributed by atoms with E-state index in [1.54, 1.807) is 6.20 Å². The number of alkyl carbamates (subject to hydrolysis) is 1. The van der Waals surface area contributed by atoms with Crippen LogP contribution in [0.4, 0.5) is 4.79 Å². The van der Waals surface area contributed by atoms with Crippen LogP contribution in [0.5, 0.6) is 0 Å². The van der Waals surface area contributed by atoms with E-state index in [-0.39, 0.29) is 42.2 Å². The Balaban J connectivity index is 0.925. The standard InChI is InChI=1S/C44H50N8O5/c1-25(2)39(51-44(56)57-3)43(55)52-20-6-8-36(52)40-46-22-33(48-40)28-13-9-26(10-14-28)27-11-15-29(16-12-27)34-23-47-41(49-34)37-30-17-18-31(21-30)38(37)42(54)50-35(24-53)32-7-4-5-19-45-32/h4-5,7,9-16,19,22-23,25,30-31,35-39,53H,6,8,17-18,20-21,24H2,1-3H3,(H,46,48)(H,47,49)(H,50,54)(H,51,56)/t30?,31?,35?,36-,37+,38+,39-/m0/s1. The third-order valence-electron chi connectivity index (χ3n) is 12.2. The molecule has 5 N–H and O–H groups in total. The predicted molar refractivity (Wildman–Crippen MR) is 214 cm³/mol. The largest absolute Gasteiger partial charge is 0.453 e. The Labute approximate surface area is 332 Å². The number of nitrogens with zero attached hydrogens (tertiary/aromatic N) is 4. The second-order valence-electron chi connectivity index (χ2n) is 15.9. The number of methoxy groups -OCH3 is 1. The maximum atomic E-state index is 13.8. The Morgan fingerprint density at radius 2 is 1.46 bits per heavy atom. The minimum Gasteiger partial charge on any atom is -0.453 e. The Bertz CT molecular complexity index is 2180. The average molecular weight is 771 g/mol. The van der Waals surface area contributed by atoms with E-state index in [2.05, 4.69) is 79.1 Å². The minimum atomic E-state index is -0.684. The summed E-state index contributed by atoms with van der Waals surface area (Å²) in [6.07, 6.45) is 9.50. The second-order valence-corrected chi connectivity index (χ2v) is 15.9. The normalized spacial score (nSPS) is 22.4. The number of pyridine rings is 1. The fourth-order valence-corrected chi connectivity index (χ4v) is 9.31. The summed E-state index contributed by atoms with van der Waals surface area (Å²) in [6, 6.07) is 20.8. The molecule has 3 unspecified atom stereocenters. The zero-order valence-corrected chi connectivity index (χ0v) is 32.5. The lowest BCUT2D eigenvalue weighted by Crippen LogP contribution is -2.51. The molecule has 0 spiro atoms.